The largest absolute Gasteiger partial charge is 0.370 e. The molecule has 0 atom stereocenters. The van der Waals surface area contributed by atoms with E-state index in [9.17, 15) is 4.39 Å². The van der Waals surface area contributed by atoms with Crippen molar-refractivity contribution in [1.82, 2.24) is 14.3 Å². The summed E-state index contributed by atoms with van der Waals surface area (Å²) in [5, 5.41) is 0.661. The zero-order valence-electron chi connectivity index (χ0n) is 14.7. The molecule has 1 aromatic carbocycles. The van der Waals surface area contributed by atoms with Crippen LogP contribution in [-0.4, -0.2) is 46.4 Å². The summed E-state index contributed by atoms with van der Waals surface area (Å²) >= 11 is 6.00. The molecule has 8 heteroatoms. The third-order valence-corrected chi connectivity index (χ3v) is 4.89. The minimum Gasteiger partial charge on any atom is -0.370 e. The van der Waals surface area contributed by atoms with Gasteiger partial charge in [0.05, 0.1) is 17.3 Å². The second-order valence-electron chi connectivity index (χ2n) is 6.47. The van der Waals surface area contributed by atoms with Gasteiger partial charge in [0.2, 0.25) is 0 Å². The number of anilines is 1. The maximum atomic E-state index is 13.1. The molecule has 2 aromatic heterocycles. The molecule has 0 unspecified atom stereocenters. The van der Waals surface area contributed by atoms with Gasteiger partial charge in [-0.25, -0.2) is 14.4 Å². The van der Waals surface area contributed by atoms with Crippen molar-refractivity contribution in [3.63, 3.8) is 0 Å². The molecule has 0 bridgehead atoms. The number of piperazine rings is 1. The van der Waals surface area contributed by atoms with Crippen LogP contribution in [-0.2, 0) is 6.54 Å². The standard InChI is InChI=1S/C19H20ClFN6/c20-14-1-6-18-24-16(13-27(18)12-14)11-23-19(22)26-9-7-25(8-10-26)17-4-2-15(21)3-5-17/h1-6,12-13H,7-11H2,(H2,22,23). The molecule has 1 aliphatic heterocycles. The maximum absolute atomic E-state index is 13.1. The number of pyridine rings is 1. The lowest BCUT2D eigenvalue weighted by molar-refractivity contribution is 0.380. The van der Waals surface area contributed by atoms with Crippen LogP contribution in [0.3, 0.4) is 0 Å². The summed E-state index contributed by atoms with van der Waals surface area (Å²) in [6, 6.07) is 10.3. The number of guanidine groups is 1. The van der Waals surface area contributed by atoms with Crippen LogP contribution in [0.5, 0.6) is 0 Å². The first-order valence-corrected chi connectivity index (χ1v) is 9.15. The summed E-state index contributed by atoms with van der Waals surface area (Å²) in [5.74, 6) is 0.298. The summed E-state index contributed by atoms with van der Waals surface area (Å²) in [6.45, 7) is 3.59. The smallest absolute Gasteiger partial charge is 0.191 e. The Labute approximate surface area is 161 Å². The van der Waals surface area contributed by atoms with Crippen molar-refractivity contribution < 1.29 is 4.39 Å². The average molecular weight is 387 g/mol. The molecule has 0 saturated carbocycles. The van der Waals surface area contributed by atoms with Crippen molar-refractivity contribution in [2.24, 2.45) is 10.7 Å². The Hall–Kier alpha value is -2.80. The molecule has 1 aliphatic rings. The molecule has 0 spiro atoms. The van der Waals surface area contributed by atoms with Crippen LogP contribution in [0.4, 0.5) is 10.1 Å². The van der Waals surface area contributed by atoms with Gasteiger partial charge in [-0.1, -0.05) is 11.6 Å². The van der Waals surface area contributed by atoms with E-state index < -0.39 is 0 Å². The van der Waals surface area contributed by atoms with E-state index in [-0.39, 0.29) is 5.82 Å². The van der Waals surface area contributed by atoms with Gasteiger partial charge in [-0.2, -0.15) is 0 Å². The molecule has 0 amide bonds. The fourth-order valence-electron chi connectivity index (χ4n) is 3.20. The van der Waals surface area contributed by atoms with E-state index in [0.717, 1.165) is 43.2 Å². The topological polar surface area (TPSA) is 62.2 Å². The van der Waals surface area contributed by atoms with Crippen molar-refractivity contribution in [1.29, 1.82) is 0 Å². The van der Waals surface area contributed by atoms with Gasteiger partial charge in [-0.3, -0.25) is 0 Å². The number of fused-ring (bicyclic) bond motifs is 1. The van der Waals surface area contributed by atoms with E-state index in [1.165, 1.54) is 12.1 Å². The summed E-state index contributed by atoms with van der Waals surface area (Å²) < 4.78 is 14.9. The van der Waals surface area contributed by atoms with Gasteiger partial charge in [-0.05, 0) is 36.4 Å². The number of hydrogen-bond donors (Lipinski definition) is 1. The van der Waals surface area contributed by atoms with E-state index in [1.54, 1.807) is 12.1 Å². The number of rotatable bonds is 3. The summed E-state index contributed by atoms with van der Waals surface area (Å²) in [4.78, 5) is 13.3. The molecule has 1 fully saturated rings. The highest BCUT2D eigenvalue weighted by Crippen LogP contribution is 2.17. The van der Waals surface area contributed by atoms with Crippen molar-refractivity contribution in [2.75, 3.05) is 31.1 Å². The van der Waals surface area contributed by atoms with Crippen LogP contribution in [0.15, 0.2) is 53.8 Å². The minimum absolute atomic E-state index is 0.219. The normalized spacial score (nSPS) is 15.6. The average Bonchev–Trinajstić information content (AvgIpc) is 3.09. The Balaban J connectivity index is 1.36. The van der Waals surface area contributed by atoms with E-state index in [1.807, 2.05) is 28.9 Å². The van der Waals surface area contributed by atoms with Crippen molar-refractivity contribution in [3.05, 3.63) is 65.3 Å². The molecule has 4 rings (SSSR count). The fourth-order valence-corrected chi connectivity index (χ4v) is 3.37. The van der Waals surface area contributed by atoms with Crippen LogP contribution >= 0.6 is 11.6 Å². The Morgan fingerprint density at radius 1 is 1.07 bits per heavy atom. The van der Waals surface area contributed by atoms with Gasteiger partial charge >= 0.3 is 0 Å². The van der Waals surface area contributed by atoms with E-state index in [4.69, 9.17) is 17.3 Å². The van der Waals surface area contributed by atoms with Crippen LogP contribution in [0, 0.1) is 5.82 Å². The molecule has 2 N–H and O–H groups in total. The predicted octanol–water partition coefficient (Wildman–Crippen LogP) is 2.76. The number of aromatic nitrogens is 2. The summed E-state index contributed by atoms with van der Waals surface area (Å²) in [5.41, 5.74) is 8.86. The Morgan fingerprint density at radius 2 is 1.81 bits per heavy atom. The third-order valence-electron chi connectivity index (χ3n) is 4.66. The zero-order valence-corrected chi connectivity index (χ0v) is 15.5. The highest BCUT2D eigenvalue weighted by Gasteiger charge is 2.18. The number of benzene rings is 1. The van der Waals surface area contributed by atoms with Crippen molar-refractivity contribution in [2.45, 2.75) is 6.54 Å². The number of imidazole rings is 1. The second kappa shape index (κ2) is 7.44. The van der Waals surface area contributed by atoms with Gasteiger partial charge in [0.15, 0.2) is 5.96 Å². The second-order valence-corrected chi connectivity index (χ2v) is 6.91. The molecular weight excluding hydrogens is 367 g/mol. The van der Waals surface area contributed by atoms with Crippen LogP contribution in [0.2, 0.25) is 5.02 Å². The van der Waals surface area contributed by atoms with Gasteiger partial charge < -0.3 is 19.9 Å². The zero-order chi connectivity index (χ0) is 18.8. The first-order valence-electron chi connectivity index (χ1n) is 8.77. The quantitative estimate of drug-likeness (QED) is 0.555. The van der Waals surface area contributed by atoms with E-state index in [2.05, 4.69) is 19.8 Å². The van der Waals surface area contributed by atoms with Crippen LogP contribution in [0.25, 0.3) is 5.65 Å². The van der Waals surface area contributed by atoms with Gasteiger partial charge in [0, 0.05) is 44.3 Å². The molecule has 27 heavy (non-hydrogen) atoms. The molecule has 6 nitrogen and oxygen atoms in total. The SMILES string of the molecule is NC(=NCc1cn2cc(Cl)ccc2n1)N1CCN(c2ccc(F)cc2)CC1. The minimum atomic E-state index is -0.219. The molecule has 0 aliphatic carbocycles. The molecular formula is C19H20ClFN6. The number of hydrogen-bond acceptors (Lipinski definition) is 3. The molecule has 3 aromatic rings. The Bertz CT molecular complexity index is 960. The monoisotopic (exact) mass is 386 g/mol. The van der Waals surface area contributed by atoms with Gasteiger partial charge in [0.25, 0.3) is 0 Å². The number of aliphatic imine (C=N–C) groups is 1. The van der Waals surface area contributed by atoms with Gasteiger partial charge in [-0.15, -0.1) is 0 Å². The van der Waals surface area contributed by atoms with Crippen LogP contribution in [0.1, 0.15) is 5.69 Å². The third kappa shape index (κ3) is 3.98. The van der Waals surface area contributed by atoms with Crippen molar-refractivity contribution in [3.8, 4) is 0 Å². The fraction of sp³-hybridized carbons (Fsp3) is 0.263. The number of nitrogens with two attached hydrogens (primary N) is 1. The van der Waals surface area contributed by atoms with Gasteiger partial charge in [0.1, 0.15) is 11.5 Å². The maximum Gasteiger partial charge on any atom is 0.191 e. The first kappa shape index (κ1) is 17.6. The number of halogens is 2. The molecule has 0 radical (unpaired) electrons. The lowest BCUT2D eigenvalue weighted by Crippen LogP contribution is -2.51. The molecule has 1 saturated heterocycles. The van der Waals surface area contributed by atoms with Crippen molar-refractivity contribution >= 4 is 28.9 Å². The lowest BCUT2D eigenvalue weighted by atomic mass is 10.2. The summed E-state index contributed by atoms with van der Waals surface area (Å²) in [6.07, 6.45) is 3.72. The predicted molar refractivity (Wildman–Crippen MR) is 106 cm³/mol. The number of nitrogens with zero attached hydrogens (tertiary/aromatic N) is 5. The lowest BCUT2D eigenvalue weighted by Gasteiger charge is -2.36. The van der Waals surface area contributed by atoms with E-state index in [0.29, 0.717) is 17.5 Å². The summed E-state index contributed by atoms with van der Waals surface area (Å²) in [7, 11) is 0. The highest BCUT2D eigenvalue weighted by molar-refractivity contribution is 6.30. The Kier molecular flexibility index (Phi) is 4.85. The Morgan fingerprint density at radius 3 is 2.56 bits per heavy atom. The van der Waals surface area contributed by atoms with Crippen LogP contribution < -0.4 is 10.6 Å². The van der Waals surface area contributed by atoms with E-state index >= 15 is 0 Å². The molecule has 3 heterocycles. The highest BCUT2D eigenvalue weighted by atomic mass is 35.5. The molecule has 140 valence electrons. The first-order chi connectivity index (χ1) is 13.1.